The number of carbonyl (C=O) groups is 2. The fourth-order valence-corrected chi connectivity index (χ4v) is 3.88. The summed E-state index contributed by atoms with van der Waals surface area (Å²) < 4.78 is 7.95. The third kappa shape index (κ3) is 4.08. The van der Waals surface area contributed by atoms with Crippen molar-refractivity contribution in [1.82, 2.24) is 29.1 Å². The van der Waals surface area contributed by atoms with E-state index in [2.05, 4.69) is 10.1 Å². The Labute approximate surface area is 185 Å². The normalized spacial score (nSPS) is 14.1. The molecule has 10 nitrogen and oxygen atoms in total. The van der Waals surface area contributed by atoms with Crippen LogP contribution in [0.4, 0.5) is 4.79 Å². The molecule has 0 unspecified atom stereocenters. The van der Waals surface area contributed by atoms with E-state index in [1.807, 2.05) is 32.0 Å². The molecule has 4 rings (SSSR count). The number of nitrogens with zero attached hydrogens (tertiary/aromatic N) is 6. The maximum atomic E-state index is 13.0. The van der Waals surface area contributed by atoms with Crippen molar-refractivity contribution in [3.8, 4) is 5.69 Å². The van der Waals surface area contributed by atoms with Crippen LogP contribution in [-0.4, -0.2) is 73.9 Å². The summed E-state index contributed by atoms with van der Waals surface area (Å²) in [6, 6.07) is 5.98. The fourth-order valence-electron chi connectivity index (χ4n) is 3.88. The Bertz CT molecular complexity index is 1220. The lowest BCUT2D eigenvalue weighted by molar-refractivity contribution is -0.133. The van der Waals surface area contributed by atoms with Crippen LogP contribution < -0.4 is 5.56 Å². The molecule has 1 fully saturated rings. The van der Waals surface area contributed by atoms with Crippen LogP contribution >= 0.6 is 0 Å². The van der Waals surface area contributed by atoms with Crippen LogP contribution in [0.3, 0.4) is 0 Å². The molecule has 0 N–H and O–H groups in total. The second kappa shape index (κ2) is 8.81. The van der Waals surface area contributed by atoms with E-state index in [1.165, 1.54) is 17.1 Å². The van der Waals surface area contributed by atoms with Gasteiger partial charge in [-0.1, -0.05) is 17.7 Å². The summed E-state index contributed by atoms with van der Waals surface area (Å²) in [5, 5.41) is 4.72. The third-order valence-corrected chi connectivity index (χ3v) is 5.60. The highest BCUT2D eigenvalue weighted by molar-refractivity contribution is 5.78. The Morgan fingerprint density at radius 2 is 1.81 bits per heavy atom. The maximum absolute atomic E-state index is 13.0. The molecule has 2 aromatic heterocycles. The molecule has 0 atom stereocenters. The van der Waals surface area contributed by atoms with Gasteiger partial charge in [0.1, 0.15) is 18.3 Å². The highest BCUT2D eigenvalue weighted by Crippen LogP contribution is 2.18. The SMILES string of the molecule is CCOC(=O)N1CCN(C(=O)Cn2cnc3c(cnn3-c3ccc(C)cc3C)c2=O)CC1. The number of fused-ring (bicyclic) bond motifs is 1. The molecule has 3 heterocycles. The number of rotatable bonds is 4. The number of aromatic nitrogens is 4. The van der Waals surface area contributed by atoms with Crippen LogP contribution in [0.1, 0.15) is 18.1 Å². The molecule has 0 bridgehead atoms. The number of piperazine rings is 1. The minimum absolute atomic E-state index is 0.115. The van der Waals surface area contributed by atoms with Crippen LogP contribution in [0.5, 0.6) is 0 Å². The largest absolute Gasteiger partial charge is 0.450 e. The van der Waals surface area contributed by atoms with Gasteiger partial charge in [-0.2, -0.15) is 5.10 Å². The molecule has 1 aliphatic heterocycles. The van der Waals surface area contributed by atoms with Crippen molar-refractivity contribution < 1.29 is 14.3 Å². The smallest absolute Gasteiger partial charge is 0.409 e. The molecule has 0 saturated carbocycles. The first kappa shape index (κ1) is 21.5. The molecule has 1 aromatic carbocycles. The topological polar surface area (TPSA) is 103 Å². The van der Waals surface area contributed by atoms with Crippen molar-refractivity contribution in [1.29, 1.82) is 0 Å². The Hall–Kier alpha value is -3.69. The summed E-state index contributed by atoms with van der Waals surface area (Å²) in [5.74, 6) is -0.196. The predicted octanol–water partition coefficient (Wildman–Crippen LogP) is 1.50. The Morgan fingerprint density at radius 3 is 2.50 bits per heavy atom. The molecule has 10 heteroatoms. The first-order valence-corrected chi connectivity index (χ1v) is 10.6. The average molecular weight is 438 g/mol. The van der Waals surface area contributed by atoms with Crippen LogP contribution in [-0.2, 0) is 16.1 Å². The van der Waals surface area contributed by atoms with E-state index in [9.17, 15) is 14.4 Å². The summed E-state index contributed by atoms with van der Waals surface area (Å²) in [6.45, 7) is 7.55. The fraction of sp³-hybridized carbons (Fsp3) is 0.409. The van der Waals surface area contributed by atoms with E-state index in [0.29, 0.717) is 43.8 Å². The van der Waals surface area contributed by atoms with Gasteiger partial charge in [-0.15, -0.1) is 0 Å². The molecule has 0 radical (unpaired) electrons. The highest BCUT2D eigenvalue weighted by Gasteiger charge is 2.25. The molecular formula is C22H26N6O4. The Kier molecular flexibility index (Phi) is 5.93. The molecule has 1 saturated heterocycles. The number of ether oxygens (including phenoxy) is 1. The van der Waals surface area contributed by atoms with Gasteiger partial charge in [0.05, 0.1) is 18.5 Å². The van der Waals surface area contributed by atoms with Gasteiger partial charge >= 0.3 is 6.09 Å². The second-order valence-electron chi connectivity index (χ2n) is 7.83. The van der Waals surface area contributed by atoms with Crippen molar-refractivity contribution in [2.45, 2.75) is 27.3 Å². The summed E-state index contributed by atoms with van der Waals surface area (Å²) in [5.41, 5.74) is 3.15. The lowest BCUT2D eigenvalue weighted by Gasteiger charge is -2.34. The average Bonchev–Trinajstić information content (AvgIpc) is 3.20. The van der Waals surface area contributed by atoms with Crippen molar-refractivity contribution in [3.63, 3.8) is 0 Å². The minimum Gasteiger partial charge on any atom is -0.450 e. The van der Waals surface area contributed by atoms with E-state index < -0.39 is 0 Å². The van der Waals surface area contributed by atoms with Crippen molar-refractivity contribution >= 4 is 23.0 Å². The number of hydrogen-bond donors (Lipinski definition) is 0. The Balaban J connectivity index is 1.50. The van der Waals surface area contributed by atoms with Gasteiger partial charge in [-0.3, -0.25) is 14.2 Å². The highest BCUT2D eigenvalue weighted by atomic mass is 16.6. The maximum Gasteiger partial charge on any atom is 0.409 e. The van der Waals surface area contributed by atoms with Crippen molar-refractivity contribution in [3.05, 3.63) is 52.2 Å². The number of carbonyl (C=O) groups excluding carboxylic acids is 2. The van der Waals surface area contributed by atoms with E-state index in [-0.39, 0.29) is 24.1 Å². The molecule has 0 aliphatic carbocycles. The first-order chi connectivity index (χ1) is 15.4. The number of amides is 2. The van der Waals surface area contributed by atoms with Crippen LogP contribution in [0.15, 0.2) is 35.5 Å². The monoisotopic (exact) mass is 438 g/mol. The molecule has 32 heavy (non-hydrogen) atoms. The molecule has 1 aliphatic rings. The van der Waals surface area contributed by atoms with Crippen molar-refractivity contribution in [2.24, 2.45) is 0 Å². The summed E-state index contributed by atoms with van der Waals surface area (Å²) in [7, 11) is 0. The van der Waals surface area contributed by atoms with E-state index in [4.69, 9.17) is 4.74 Å². The van der Waals surface area contributed by atoms with Gasteiger partial charge in [0.15, 0.2) is 5.65 Å². The lowest BCUT2D eigenvalue weighted by Crippen LogP contribution is -2.51. The van der Waals surface area contributed by atoms with Crippen molar-refractivity contribution in [2.75, 3.05) is 32.8 Å². The van der Waals surface area contributed by atoms with E-state index in [0.717, 1.165) is 16.8 Å². The lowest BCUT2D eigenvalue weighted by atomic mass is 10.1. The molecule has 168 valence electrons. The van der Waals surface area contributed by atoms with E-state index in [1.54, 1.807) is 21.4 Å². The summed E-state index contributed by atoms with van der Waals surface area (Å²) >= 11 is 0. The van der Waals surface area contributed by atoms with Crippen LogP contribution in [0.25, 0.3) is 16.7 Å². The number of hydrogen-bond acceptors (Lipinski definition) is 6. The van der Waals surface area contributed by atoms with Gasteiger partial charge in [0, 0.05) is 26.2 Å². The van der Waals surface area contributed by atoms with Gasteiger partial charge < -0.3 is 14.5 Å². The molecule has 2 amide bonds. The third-order valence-electron chi connectivity index (χ3n) is 5.60. The van der Waals surface area contributed by atoms with Gasteiger partial charge in [-0.25, -0.2) is 14.5 Å². The zero-order valence-corrected chi connectivity index (χ0v) is 18.4. The first-order valence-electron chi connectivity index (χ1n) is 10.6. The summed E-state index contributed by atoms with van der Waals surface area (Å²) in [4.78, 5) is 45.2. The van der Waals surface area contributed by atoms with Gasteiger partial charge in [0.2, 0.25) is 5.91 Å². The second-order valence-corrected chi connectivity index (χ2v) is 7.83. The standard InChI is InChI=1S/C22H26N6O4/c1-4-32-22(31)26-9-7-25(8-10-26)19(29)13-27-14-23-20-17(21(27)30)12-24-28(20)18-6-5-15(2)11-16(18)3/h5-6,11-12,14H,4,7-10,13H2,1-3H3. The Morgan fingerprint density at radius 1 is 1.09 bits per heavy atom. The van der Waals surface area contributed by atoms with E-state index >= 15 is 0 Å². The molecule has 3 aromatic rings. The van der Waals surface area contributed by atoms with Gasteiger partial charge in [-0.05, 0) is 32.4 Å². The number of aryl methyl sites for hydroxylation is 2. The van der Waals surface area contributed by atoms with Gasteiger partial charge in [0.25, 0.3) is 5.56 Å². The summed E-state index contributed by atoms with van der Waals surface area (Å²) in [6.07, 6.45) is 2.51. The van der Waals surface area contributed by atoms with Crippen LogP contribution in [0.2, 0.25) is 0 Å². The van der Waals surface area contributed by atoms with Crippen LogP contribution in [0, 0.1) is 13.8 Å². The molecular weight excluding hydrogens is 412 g/mol. The molecule has 0 spiro atoms. The zero-order chi connectivity index (χ0) is 22.8. The quantitative estimate of drug-likeness (QED) is 0.612. The minimum atomic E-state index is -0.369. The number of benzene rings is 1. The predicted molar refractivity (Wildman–Crippen MR) is 118 cm³/mol. The zero-order valence-electron chi connectivity index (χ0n) is 18.4.